The molecule has 2 aliphatic heterocycles. The first-order chi connectivity index (χ1) is 8.88. The molecule has 0 N–H and O–H groups in total. The quantitative estimate of drug-likeness (QED) is 0.595. The van der Waals surface area contributed by atoms with Gasteiger partial charge in [0.25, 0.3) is 0 Å². The van der Waals surface area contributed by atoms with Gasteiger partial charge in [0.05, 0.1) is 12.6 Å². The van der Waals surface area contributed by atoms with E-state index in [1.165, 1.54) is 0 Å². The maximum atomic E-state index is 5.74. The Balaban J connectivity index is 1.67. The molecule has 18 heavy (non-hydrogen) atoms. The molecular formula is C13H18N2O3. The number of rotatable bonds is 4. The molecule has 1 aromatic rings. The Labute approximate surface area is 107 Å². The fraction of sp³-hybridized carbons (Fsp3) is 0.615. The summed E-state index contributed by atoms with van der Waals surface area (Å²) in [6.07, 6.45) is 2.92. The Morgan fingerprint density at radius 2 is 2.50 bits per heavy atom. The Hall–Kier alpha value is -1.33. The minimum absolute atomic E-state index is 0.368. The highest BCUT2D eigenvalue weighted by Crippen LogP contribution is 2.37. The second-order valence-electron chi connectivity index (χ2n) is 4.82. The molecule has 1 aromatic heterocycles. The van der Waals surface area contributed by atoms with Crippen LogP contribution in [0.2, 0.25) is 0 Å². The van der Waals surface area contributed by atoms with Gasteiger partial charge in [0.2, 0.25) is 0 Å². The SMILES string of the molecule is COCOC[C@H]1C[C@H]2COc3cccnc3N2C1. The van der Waals surface area contributed by atoms with E-state index in [1.54, 1.807) is 7.11 Å². The van der Waals surface area contributed by atoms with Crippen molar-refractivity contribution in [2.45, 2.75) is 12.5 Å². The topological polar surface area (TPSA) is 43.8 Å². The van der Waals surface area contributed by atoms with Crippen LogP contribution in [-0.4, -0.2) is 44.7 Å². The third-order valence-electron chi connectivity index (χ3n) is 3.51. The van der Waals surface area contributed by atoms with Crippen molar-refractivity contribution in [1.29, 1.82) is 0 Å². The predicted molar refractivity (Wildman–Crippen MR) is 66.8 cm³/mol. The Kier molecular flexibility index (Phi) is 3.34. The van der Waals surface area contributed by atoms with E-state index in [0.29, 0.717) is 18.8 Å². The zero-order chi connectivity index (χ0) is 12.4. The Morgan fingerprint density at radius 1 is 1.56 bits per heavy atom. The average molecular weight is 250 g/mol. The van der Waals surface area contributed by atoms with Crippen LogP contribution >= 0.6 is 0 Å². The van der Waals surface area contributed by atoms with E-state index in [4.69, 9.17) is 14.2 Å². The lowest BCUT2D eigenvalue weighted by Gasteiger charge is -2.31. The van der Waals surface area contributed by atoms with Gasteiger partial charge in [-0.3, -0.25) is 0 Å². The van der Waals surface area contributed by atoms with Gasteiger partial charge in [0.15, 0.2) is 11.6 Å². The fourth-order valence-corrected chi connectivity index (χ4v) is 2.75. The van der Waals surface area contributed by atoms with Crippen molar-refractivity contribution in [2.24, 2.45) is 5.92 Å². The molecule has 2 aliphatic rings. The van der Waals surface area contributed by atoms with Crippen molar-refractivity contribution in [3.8, 4) is 5.75 Å². The van der Waals surface area contributed by atoms with Crippen LogP contribution in [0.3, 0.4) is 0 Å². The molecule has 3 heterocycles. The molecule has 1 fully saturated rings. The fourth-order valence-electron chi connectivity index (χ4n) is 2.75. The first-order valence-electron chi connectivity index (χ1n) is 6.29. The van der Waals surface area contributed by atoms with E-state index in [2.05, 4.69) is 9.88 Å². The minimum atomic E-state index is 0.368. The molecule has 2 atom stereocenters. The monoisotopic (exact) mass is 250 g/mol. The number of nitrogens with zero attached hydrogens (tertiary/aromatic N) is 2. The van der Waals surface area contributed by atoms with Gasteiger partial charge in [0, 0.05) is 25.8 Å². The second kappa shape index (κ2) is 5.12. The summed E-state index contributed by atoms with van der Waals surface area (Å²) < 4.78 is 16.1. The number of fused-ring (bicyclic) bond motifs is 3. The molecule has 0 aromatic carbocycles. The molecule has 0 spiro atoms. The predicted octanol–water partition coefficient (Wildman–Crippen LogP) is 1.29. The maximum Gasteiger partial charge on any atom is 0.171 e. The van der Waals surface area contributed by atoms with Crippen LogP contribution in [0.5, 0.6) is 5.75 Å². The number of anilines is 1. The molecule has 0 saturated carbocycles. The van der Waals surface area contributed by atoms with E-state index in [1.807, 2.05) is 18.3 Å². The summed E-state index contributed by atoms with van der Waals surface area (Å²) >= 11 is 0. The first kappa shape index (κ1) is 11.7. The van der Waals surface area contributed by atoms with E-state index < -0.39 is 0 Å². The summed E-state index contributed by atoms with van der Waals surface area (Å²) in [5, 5.41) is 0. The van der Waals surface area contributed by atoms with Crippen molar-refractivity contribution < 1.29 is 14.2 Å². The van der Waals surface area contributed by atoms with Crippen LogP contribution in [-0.2, 0) is 9.47 Å². The van der Waals surface area contributed by atoms with Crippen LogP contribution in [0, 0.1) is 5.92 Å². The van der Waals surface area contributed by atoms with E-state index in [0.717, 1.165) is 37.7 Å². The van der Waals surface area contributed by atoms with Gasteiger partial charge in [-0.15, -0.1) is 0 Å². The van der Waals surface area contributed by atoms with Crippen molar-refractivity contribution >= 4 is 5.82 Å². The highest BCUT2D eigenvalue weighted by Gasteiger charge is 2.37. The highest BCUT2D eigenvalue weighted by molar-refractivity contribution is 5.55. The van der Waals surface area contributed by atoms with Crippen LogP contribution in [0.4, 0.5) is 5.82 Å². The molecule has 5 nitrogen and oxygen atoms in total. The lowest BCUT2D eigenvalue weighted by Crippen LogP contribution is -2.38. The molecule has 98 valence electrons. The van der Waals surface area contributed by atoms with Gasteiger partial charge in [-0.25, -0.2) is 4.98 Å². The number of pyridine rings is 1. The number of aromatic nitrogens is 1. The van der Waals surface area contributed by atoms with Gasteiger partial charge in [-0.1, -0.05) is 0 Å². The van der Waals surface area contributed by atoms with Crippen LogP contribution in [0.15, 0.2) is 18.3 Å². The van der Waals surface area contributed by atoms with Crippen LogP contribution < -0.4 is 9.64 Å². The molecule has 0 amide bonds. The zero-order valence-electron chi connectivity index (χ0n) is 10.5. The van der Waals surface area contributed by atoms with Crippen LogP contribution in [0.1, 0.15) is 6.42 Å². The lowest BCUT2D eigenvalue weighted by atomic mass is 10.1. The van der Waals surface area contributed by atoms with Crippen molar-refractivity contribution in [1.82, 2.24) is 4.98 Å². The zero-order valence-corrected chi connectivity index (χ0v) is 10.5. The van der Waals surface area contributed by atoms with Gasteiger partial charge in [0.1, 0.15) is 13.4 Å². The van der Waals surface area contributed by atoms with Gasteiger partial charge in [-0.05, 0) is 18.6 Å². The minimum Gasteiger partial charge on any atom is -0.488 e. The summed E-state index contributed by atoms with van der Waals surface area (Å²) in [6.45, 7) is 2.84. The molecule has 5 heteroatoms. The summed E-state index contributed by atoms with van der Waals surface area (Å²) in [4.78, 5) is 6.78. The molecule has 3 rings (SSSR count). The van der Waals surface area contributed by atoms with Gasteiger partial charge in [-0.2, -0.15) is 0 Å². The molecule has 0 bridgehead atoms. The molecule has 0 aliphatic carbocycles. The van der Waals surface area contributed by atoms with Crippen molar-refractivity contribution in [2.75, 3.05) is 38.6 Å². The van der Waals surface area contributed by atoms with Crippen molar-refractivity contribution in [3.05, 3.63) is 18.3 Å². The molecule has 1 saturated heterocycles. The Morgan fingerprint density at radius 3 is 3.39 bits per heavy atom. The summed E-state index contributed by atoms with van der Waals surface area (Å²) in [5.41, 5.74) is 0. The second-order valence-corrected chi connectivity index (χ2v) is 4.82. The normalized spacial score (nSPS) is 25.5. The molecule has 0 unspecified atom stereocenters. The third-order valence-corrected chi connectivity index (χ3v) is 3.51. The summed E-state index contributed by atoms with van der Waals surface area (Å²) in [5.74, 6) is 2.40. The standard InChI is InChI=1S/C13H18N2O3/c1-16-9-17-7-10-5-11-8-18-12-3-2-4-14-13(12)15(11)6-10/h2-4,10-11H,5-9H2,1H3/t10-,11-/m0/s1. The number of hydrogen-bond acceptors (Lipinski definition) is 5. The first-order valence-corrected chi connectivity index (χ1v) is 6.29. The van der Waals surface area contributed by atoms with Gasteiger partial charge >= 0.3 is 0 Å². The maximum absolute atomic E-state index is 5.74. The van der Waals surface area contributed by atoms with Crippen LogP contribution in [0.25, 0.3) is 0 Å². The average Bonchev–Trinajstić information content (AvgIpc) is 2.82. The van der Waals surface area contributed by atoms with E-state index in [9.17, 15) is 0 Å². The van der Waals surface area contributed by atoms with E-state index in [-0.39, 0.29) is 0 Å². The number of methoxy groups -OCH3 is 1. The number of hydrogen-bond donors (Lipinski definition) is 0. The Bertz CT molecular complexity index is 413. The smallest absolute Gasteiger partial charge is 0.171 e. The highest BCUT2D eigenvalue weighted by atomic mass is 16.7. The third kappa shape index (κ3) is 2.15. The van der Waals surface area contributed by atoms with E-state index >= 15 is 0 Å². The largest absolute Gasteiger partial charge is 0.488 e. The number of ether oxygens (including phenoxy) is 3. The van der Waals surface area contributed by atoms with Gasteiger partial charge < -0.3 is 19.1 Å². The van der Waals surface area contributed by atoms with Crippen molar-refractivity contribution in [3.63, 3.8) is 0 Å². The molecule has 0 radical (unpaired) electrons. The summed E-state index contributed by atoms with van der Waals surface area (Å²) in [7, 11) is 1.64. The summed E-state index contributed by atoms with van der Waals surface area (Å²) in [6, 6.07) is 4.32. The molecular weight excluding hydrogens is 232 g/mol. The lowest BCUT2D eigenvalue weighted by molar-refractivity contribution is -0.0414.